The lowest BCUT2D eigenvalue weighted by Gasteiger charge is -2.15. The maximum atomic E-state index is 11.5. The fraction of sp³-hybridized carbons (Fsp3) is 0.846. The zero-order valence-electron chi connectivity index (χ0n) is 12.5. The molecule has 0 aliphatic heterocycles. The molecule has 118 valence electrons. The average molecular weight is 290 g/mol. The highest BCUT2D eigenvalue weighted by atomic mass is 16.5. The van der Waals surface area contributed by atoms with E-state index < -0.39 is 18.0 Å². The van der Waals surface area contributed by atoms with Crippen LogP contribution in [0.5, 0.6) is 0 Å². The molecule has 0 spiro atoms. The fourth-order valence-corrected chi connectivity index (χ4v) is 1.45. The number of nitrogens with one attached hydrogen (secondary N) is 2. The molecule has 0 bridgehead atoms. The monoisotopic (exact) mass is 290 g/mol. The number of hydrogen-bond acceptors (Lipinski definition) is 4. The minimum atomic E-state index is -1.05. The zero-order chi connectivity index (χ0) is 15.4. The van der Waals surface area contributed by atoms with Crippen LogP contribution >= 0.6 is 0 Å². The van der Waals surface area contributed by atoms with Crippen LogP contribution in [-0.2, 0) is 14.3 Å². The molecule has 1 atom stereocenters. The van der Waals surface area contributed by atoms with E-state index in [1.807, 2.05) is 13.8 Å². The first-order chi connectivity index (χ1) is 9.47. The third kappa shape index (κ3) is 10.6. The molecule has 7 heteroatoms. The molecule has 0 saturated heterocycles. The SMILES string of the molecule is COCCCC(NC(=O)NCCOCC(C)C)C(=O)O. The summed E-state index contributed by atoms with van der Waals surface area (Å²) >= 11 is 0. The zero-order valence-corrected chi connectivity index (χ0v) is 12.5. The van der Waals surface area contributed by atoms with E-state index in [2.05, 4.69) is 10.6 Å². The molecule has 0 radical (unpaired) electrons. The number of urea groups is 1. The number of amides is 2. The van der Waals surface area contributed by atoms with Crippen molar-refractivity contribution in [3.05, 3.63) is 0 Å². The number of rotatable bonds is 11. The number of ether oxygens (including phenoxy) is 2. The molecule has 20 heavy (non-hydrogen) atoms. The third-order valence-electron chi connectivity index (χ3n) is 2.43. The van der Waals surface area contributed by atoms with Gasteiger partial charge >= 0.3 is 12.0 Å². The van der Waals surface area contributed by atoms with Gasteiger partial charge in [-0.2, -0.15) is 0 Å². The van der Waals surface area contributed by atoms with E-state index in [0.29, 0.717) is 45.1 Å². The Morgan fingerprint density at radius 2 is 1.95 bits per heavy atom. The summed E-state index contributed by atoms with van der Waals surface area (Å²) in [5, 5.41) is 14.0. The molecule has 0 aliphatic rings. The Morgan fingerprint density at radius 3 is 2.50 bits per heavy atom. The van der Waals surface area contributed by atoms with Crippen molar-refractivity contribution in [1.82, 2.24) is 10.6 Å². The Kier molecular flexibility index (Phi) is 10.7. The van der Waals surface area contributed by atoms with Crippen molar-refractivity contribution in [1.29, 1.82) is 0 Å². The molecule has 3 N–H and O–H groups in total. The van der Waals surface area contributed by atoms with Crippen LogP contribution in [0.1, 0.15) is 26.7 Å². The Morgan fingerprint density at radius 1 is 1.25 bits per heavy atom. The van der Waals surface area contributed by atoms with Crippen LogP contribution in [0.15, 0.2) is 0 Å². The van der Waals surface area contributed by atoms with Gasteiger partial charge in [0.05, 0.1) is 6.61 Å². The topological polar surface area (TPSA) is 96.9 Å². The highest BCUT2D eigenvalue weighted by molar-refractivity contribution is 5.82. The largest absolute Gasteiger partial charge is 0.480 e. The van der Waals surface area contributed by atoms with E-state index in [-0.39, 0.29) is 0 Å². The summed E-state index contributed by atoms with van der Waals surface area (Å²) in [6.45, 7) is 5.94. The number of hydrogen-bond donors (Lipinski definition) is 3. The number of carbonyl (C=O) groups is 2. The molecule has 0 aromatic carbocycles. The normalized spacial score (nSPS) is 12.2. The van der Waals surface area contributed by atoms with Crippen molar-refractivity contribution >= 4 is 12.0 Å². The van der Waals surface area contributed by atoms with Gasteiger partial charge in [-0.05, 0) is 18.8 Å². The number of aliphatic carboxylic acids is 1. The van der Waals surface area contributed by atoms with Crippen molar-refractivity contribution in [3.63, 3.8) is 0 Å². The molecule has 0 rings (SSSR count). The van der Waals surface area contributed by atoms with Crippen LogP contribution in [0.2, 0.25) is 0 Å². The van der Waals surface area contributed by atoms with Crippen molar-refractivity contribution < 1.29 is 24.2 Å². The minimum absolute atomic E-state index is 0.334. The second kappa shape index (κ2) is 11.5. The van der Waals surface area contributed by atoms with Crippen LogP contribution in [0.4, 0.5) is 4.79 Å². The molecule has 0 heterocycles. The van der Waals surface area contributed by atoms with Crippen molar-refractivity contribution in [2.45, 2.75) is 32.7 Å². The summed E-state index contributed by atoms with van der Waals surface area (Å²) < 4.78 is 10.2. The summed E-state index contributed by atoms with van der Waals surface area (Å²) in [5.41, 5.74) is 0. The molecular weight excluding hydrogens is 264 g/mol. The van der Waals surface area contributed by atoms with Crippen molar-refractivity contribution in [3.8, 4) is 0 Å². The number of methoxy groups -OCH3 is 1. The van der Waals surface area contributed by atoms with Gasteiger partial charge in [-0.3, -0.25) is 0 Å². The van der Waals surface area contributed by atoms with E-state index in [1.165, 1.54) is 0 Å². The Bertz CT molecular complexity index is 284. The standard InChI is InChI=1S/C13H26N2O5/c1-10(2)9-20-8-6-14-13(18)15-11(12(16)17)5-4-7-19-3/h10-11H,4-9H2,1-3H3,(H,16,17)(H2,14,15,18). The predicted octanol–water partition coefficient (Wildman–Crippen LogP) is 0.838. The van der Waals surface area contributed by atoms with Crippen LogP contribution in [-0.4, -0.2) is 56.6 Å². The summed E-state index contributed by atoms with van der Waals surface area (Å²) in [6.07, 6.45) is 0.908. The van der Waals surface area contributed by atoms with Gasteiger partial charge in [-0.1, -0.05) is 13.8 Å². The summed E-state index contributed by atoms with van der Waals surface area (Å²) in [4.78, 5) is 22.5. The predicted molar refractivity (Wildman–Crippen MR) is 74.7 cm³/mol. The second-order valence-electron chi connectivity index (χ2n) is 4.89. The number of carboxylic acids is 1. The van der Waals surface area contributed by atoms with Gasteiger partial charge in [-0.15, -0.1) is 0 Å². The molecule has 7 nitrogen and oxygen atoms in total. The Balaban J connectivity index is 3.81. The van der Waals surface area contributed by atoms with Crippen LogP contribution in [0, 0.1) is 5.92 Å². The summed E-state index contributed by atoms with van der Waals surface area (Å²) in [5.74, 6) is -0.603. The molecule has 0 saturated carbocycles. The Hall–Kier alpha value is -1.34. The maximum Gasteiger partial charge on any atom is 0.326 e. The minimum Gasteiger partial charge on any atom is -0.480 e. The van der Waals surface area contributed by atoms with E-state index in [0.717, 1.165) is 0 Å². The van der Waals surface area contributed by atoms with Gasteiger partial charge in [0.15, 0.2) is 0 Å². The number of carboxylic acid groups (broad SMARTS) is 1. The molecule has 0 aromatic heterocycles. The van der Waals surface area contributed by atoms with Gasteiger partial charge in [0.25, 0.3) is 0 Å². The molecule has 0 aromatic rings. The van der Waals surface area contributed by atoms with Crippen molar-refractivity contribution in [2.75, 3.05) is 33.5 Å². The lowest BCUT2D eigenvalue weighted by molar-refractivity contribution is -0.139. The third-order valence-corrected chi connectivity index (χ3v) is 2.43. The lowest BCUT2D eigenvalue weighted by Crippen LogP contribution is -2.46. The van der Waals surface area contributed by atoms with E-state index in [9.17, 15) is 9.59 Å². The first-order valence-electron chi connectivity index (χ1n) is 6.81. The van der Waals surface area contributed by atoms with Crippen LogP contribution < -0.4 is 10.6 Å². The Labute approximate surface area is 120 Å². The number of carbonyl (C=O) groups excluding carboxylic acids is 1. The van der Waals surface area contributed by atoms with E-state index >= 15 is 0 Å². The second-order valence-corrected chi connectivity index (χ2v) is 4.89. The van der Waals surface area contributed by atoms with Gasteiger partial charge in [0.2, 0.25) is 0 Å². The smallest absolute Gasteiger partial charge is 0.326 e. The van der Waals surface area contributed by atoms with Crippen molar-refractivity contribution in [2.24, 2.45) is 5.92 Å². The van der Waals surface area contributed by atoms with Gasteiger partial charge in [0, 0.05) is 26.9 Å². The van der Waals surface area contributed by atoms with E-state index in [1.54, 1.807) is 7.11 Å². The molecule has 1 unspecified atom stereocenters. The molecular formula is C13H26N2O5. The highest BCUT2D eigenvalue weighted by Gasteiger charge is 2.18. The molecule has 0 fully saturated rings. The molecule has 2 amide bonds. The first-order valence-corrected chi connectivity index (χ1v) is 6.81. The highest BCUT2D eigenvalue weighted by Crippen LogP contribution is 1.98. The van der Waals surface area contributed by atoms with Crippen LogP contribution in [0.25, 0.3) is 0 Å². The summed E-state index contributed by atoms with van der Waals surface area (Å²) in [7, 11) is 1.55. The fourth-order valence-electron chi connectivity index (χ4n) is 1.45. The van der Waals surface area contributed by atoms with Gasteiger partial charge < -0.3 is 25.2 Å². The molecule has 0 aliphatic carbocycles. The summed E-state index contributed by atoms with van der Waals surface area (Å²) in [6, 6.07) is -1.40. The first kappa shape index (κ1) is 18.7. The van der Waals surface area contributed by atoms with Crippen LogP contribution in [0.3, 0.4) is 0 Å². The lowest BCUT2D eigenvalue weighted by atomic mass is 10.1. The van der Waals surface area contributed by atoms with E-state index in [4.69, 9.17) is 14.6 Å². The maximum absolute atomic E-state index is 11.5. The quantitative estimate of drug-likeness (QED) is 0.490. The van der Waals surface area contributed by atoms with Gasteiger partial charge in [-0.25, -0.2) is 9.59 Å². The average Bonchev–Trinajstić information content (AvgIpc) is 2.36. The van der Waals surface area contributed by atoms with Gasteiger partial charge in [0.1, 0.15) is 6.04 Å².